The van der Waals surface area contributed by atoms with Crippen molar-refractivity contribution >= 4 is 28.2 Å². The van der Waals surface area contributed by atoms with Crippen LogP contribution in [-0.4, -0.2) is 12.3 Å². The van der Waals surface area contributed by atoms with E-state index in [1.807, 2.05) is 0 Å². The lowest BCUT2D eigenvalue weighted by molar-refractivity contribution is -0.128. The zero-order chi connectivity index (χ0) is 11.3. The van der Waals surface area contributed by atoms with Crippen molar-refractivity contribution in [2.75, 3.05) is 0 Å². The highest BCUT2D eigenvalue weighted by Crippen LogP contribution is 2.21. The molecule has 0 fully saturated rings. The fourth-order valence-electron chi connectivity index (χ4n) is 0.932. The van der Waals surface area contributed by atoms with E-state index in [0.29, 0.717) is 11.8 Å². The molecule has 0 aliphatic rings. The first-order valence-electron chi connectivity index (χ1n) is 4.06. The van der Waals surface area contributed by atoms with Crippen LogP contribution in [0.25, 0.3) is 0 Å². The van der Waals surface area contributed by atoms with E-state index in [-0.39, 0.29) is 5.75 Å². The molecule has 0 heterocycles. The van der Waals surface area contributed by atoms with E-state index in [4.69, 9.17) is 4.74 Å². The van der Waals surface area contributed by atoms with Gasteiger partial charge in [-0.2, -0.15) is 0 Å². The lowest BCUT2D eigenvalue weighted by Crippen LogP contribution is -2.06. The van der Waals surface area contributed by atoms with E-state index in [0.717, 1.165) is 4.47 Å². The van der Waals surface area contributed by atoms with Gasteiger partial charge in [0.05, 0.1) is 5.56 Å². The number of aldehydes is 1. The molecule has 1 aromatic carbocycles. The van der Waals surface area contributed by atoms with Crippen LogP contribution in [0.5, 0.6) is 5.75 Å². The molecule has 0 radical (unpaired) electrons. The van der Waals surface area contributed by atoms with Gasteiger partial charge in [-0.05, 0) is 25.1 Å². The summed E-state index contributed by atoms with van der Waals surface area (Å²) in [5, 5.41) is 0. The molecule has 1 rings (SSSR count). The van der Waals surface area contributed by atoms with Gasteiger partial charge in [-0.25, -0.2) is 4.79 Å². The van der Waals surface area contributed by atoms with Gasteiger partial charge in [0.1, 0.15) is 5.75 Å². The summed E-state index contributed by atoms with van der Waals surface area (Å²) in [5.74, 6) is 4.17. The second-order valence-electron chi connectivity index (χ2n) is 2.56. The summed E-state index contributed by atoms with van der Waals surface area (Å²) in [6, 6.07) is 4.77. The van der Waals surface area contributed by atoms with Gasteiger partial charge in [-0.3, -0.25) is 4.79 Å². The third kappa shape index (κ3) is 3.22. The maximum Gasteiger partial charge on any atom is 0.389 e. The predicted molar refractivity (Wildman–Crippen MR) is 58.6 cm³/mol. The summed E-state index contributed by atoms with van der Waals surface area (Å²) < 4.78 is 5.61. The Morgan fingerprint density at radius 3 is 2.87 bits per heavy atom. The topological polar surface area (TPSA) is 43.4 Å². The van der Waals surface area contributed by atoms with Crippen LogP contribution in [0.3, 0.4) is 0 Å². The van der Waals surface area contributed by atoms with Crippen molar-refractivity contribution < 1.29 is 14.3 Å². The lowest BCUT2D eigenvalue weighted by atomic mass is 10.2. The van der Waals surface area contributed by atoms with Crippen LogP contribution in [0.2, 0.25) is 0 Å². The molecule has 76 valence electrons. The highest BCUT2D eigenvalue weighted by Gasteiger charge is 2.06. The molecule has 0 aromatic heterocycles. The largest absolute Gasteiger partial charge is 0.416 e. The molecule has 0 aliphatic carbocycles. The molecule has 1 aromatic rings. The number of benzene rings is 1. The molecule has 0 atom stereocenters. The zero-order valence-corrected chi connectivity index (χ0v) is 9.50. The zero-order valence-electron chi connectivity index (χ0n) is 7.91. The van der Waals surface area contributed by atoms with Crippen LogP contribution in [0.15, 0.2) is 22.7 Å². The number of hydrogen-bond donors (Lipinski definition) is 0. The summed E-state index contributed by atoms with van der Waals surface area (Å²) >= 11 is 3.21. The van der Waals surface area contributed by atoms with Gasteiger partial charge in [0.25, 0.3) is 0 Å². The predicted octanol–water partition coefficient (Wildman–Crippen LogP) is 2.19. The van der Waals surface area contributed by atoms with E-state index < -0.39 is 5.97 Å². The number of ether oxygens (including phenoxy) is 1. The summed E-state index contributed by atoms with van der Waals surface area (Å²) in [6.45, 7) is 1.53. The van der Waals surface area contributed by atoms with Gasteiger partial charge in [-0.15, -0.1) is 0 Å². The normalized spacial score (nSPS) is 8.67. The van der Waals surface area contributed by atoms with Gasteiger partial charge < -0.3 is 4.74 Å². The standard InChI is InChI=1S/C11H7BrO3/c1-2-3-11(14)15-10-5-4-9(12)6-8(10)7-13/h4-7H,1H3. The van der Waals surface area contributed by atoms with E-state index in [2.05, 4.69) is 27.8 Å². The monoisotopic (exact) mass is 266 g/mol. The quantitative estimate of drug-likeness (QED) is 0.271. The number of hydrogen-bond acceptors (Lipinski definition) is 3. The van der Waals surface area contributed by atoms with Gasteiger partial charge >= 0.3 is 5.97 Å². The van der Waals surface area contributed by atoms with Crippen molar-refractivity contribution in [2.24, 2.45) is 0 Å². The number of carbonyl (C=O) groups excluding carboxylic acids is 2. The van der Waals surface area contributed by atoms with Gasteiger partial charge in [-0.1, -0.05) is 21.9 Å². The minimum Gasteiger partial charge on any atom is -0.416 e. The third-order valence-corrected chi connectivity index (χ3v) is 2.02. The number of esters is 1. The van der Waals surface area contributed by atoms with Crippen molar-refractivity contribution in [3.05, 3.63) is 28.2 Å². The Kier molecular flexibility index (Phi) is 4.07. The smallest absolute Gasteiger partial charge is 0.389 e. The fourth-order valence-corrected chi connectivity index (χ4v) is 1.31. The molecule has 0 aliphatic heterocycles. The molecule has 3 nitrogen and oxygen atoms in total. The first-order valence-corrected chi connectivity index (χ1v) is 4.86. The number of halogens is 1. The average Bonchev–Trinajstić information content (AvgIpc) is 2.21. The SMILES string of the molecule is CC#CC(=O)Oc1ccc(Br)cc1C=O. The maximum atomic E-state index is 11.0. The van der Waals surface area contributed by atoms with Crippen molar-refractivity contribution in [2.45, 2.75) is 6.92 Å². The van der Waals surface area contributed by atoms with Gasteiger partial charge in [0.15, 0.2) is 6.29 Å². The summed E-state index contributed by atoms with van der Waals surface area (Å²) in [5.41, 5.74) is 0.302. The summed E-state index contributed by atoms with van der Waals surface area (Å²) in [6.07, 6.45) is 0.618. The van der Waals surface area contributed by atoms with Crippen molar-refractivity contribution in [3.63, 3.8) is 0 Å². The fraction of sp³-hybridized carbons (Fsp3) is 0.0909. The molecule has 4 heteroatoms. The van der Waals surface area contributed by atoms with Crippen LogP contribution in [0.4, 0.5) is 0 Å². The second kappa shape index (κ2) is 5.32. The molecule has 0 amide bonds. The number of carbonyl (C=O) groups is 2. The average molecular weight is 267 g/mol. The number of rotatable bonds is 2. The molecular formula is C11H7BrO3. The lowest BCUT2D eigenvalue weighted by Gasteiger charge is -2.03. The molecule has 15 heavy (non-hydrogen) atoms. The summed E-state index contributed by atoms with van der Waals surface area (Å²) in [7, 11) is 0. The molecule has 0 spiro atoms. The Bertz CT molecular complexity index is 455. The molecule has 0 saturated heterocycles. The maximum absolute atomic E-state index is 11.0. The van der Waals surface area contributed by atoms with E-state index in [1.54, 1.807) is 12.1 Å². The Labute approximate surface area is 95.6 Å². The highest BCUT2D eigenvalue weighted by molar-refractivity contribution is 9.10. The van der Waals surface area contributed by atoms with Gasteiger partial charge in [0, 0.05) is 10.4 Å². The Balaban J connectivity index is 2.97. The molecular weight excluding hydrogens is 260 g/mol. The van der Waals surface area contributed by atoms with E-state index in [1.165, 1.54) is 13.0 Å². The van der Waals surface area contributed by atoms with Crippen molar-refractivity contribution in [1.82, 2.24) is 0 Å². The van der Waals surface area contributed by atoms with Crippen LogP contribution < -0.4 is 4.74 Å². The van der Waals surface area contributed by atoms with E-state index >= 15 is 0 Å². The Hall–Kier alpha value is -1.60. The van der Waals surface area contributed by atoms with Crippen LogP contribution in [0.1, 0.15) is 17.3 Å². The van der Waals surface area contributed by atoms with Crippen LogP contribution >= 0.6 is 15.9 Å². The second-order valence-corrected chi connectivity index (χ2v) is 3.48. The molecule has 0 N–H and O–H groups in total. The molecule has 0 bridgehead atoms. The highest BCUT2D eigenvalue weighted by atomic mass is 79.9. The van der Waals surface area contributed by atoms with Crippen molar-refractivity contribution in [1.29, 1.82) is 0 Å². The minimum absolute atomic E-state index is 0.209. The van der Waals surface area contributed by atoms with Crippen LogP contribution in [-0.2, 0) is 4.79 Å². The first kappa shape index (κ1) is 11.5. The van der Waals surface area contributed by atoms with Crippen molar-refractivity contribution in [3.8, 4) is 17.6 Å². The van der Waals surface area contributed by atoms with Crippen LogP contribution in [0, 0.1) is 11.8 Å². The minimum atomic E-state index is -0.678. The molecule has 0 unspecified atom stereocenters. The van der Waals surface area contributed by atoms with Gasteiger partial charge in [0.2, 0.25) is 0 Å². The van der Waals surface area contributed by atoms with E-state index in [9.17, 15) is 9.59 Å². The third-order valence-electron chi connectivity index (χ3n) is 1.53. The first-order chi connectivity index (χ1) is 7.17. The summed E-state index contributed by atoms with van der Waals surface area (Å²) in [4.78, 5) is 21.7. The Morgan fingerprint density at radius 1 is 1.53 bits per heavy atom. The molecule has 0 saturated carbocycles. The Morgan fingerprint density at radius 2 is 2.27 bits per heavy atom.